The molecule has 9 heteroatoms. The Kier molecular flexibility index (Phi) is 5.65. The lowest BCUT2D eigenvalue weighted by Gasteiger charge is -2.49. The number of benzene rings is 1. The summed E-state index contributed by atoms with van der Waals surface area (Å²) in [6, 6.07) is 8.16. The van der Waals surface area contributed by atoms with Gasteiger partial charge in [0.25, 0.3) is 5.91 Å². The van der Waals surface area contributed by atoms with Crippen LogP contribution < -0.4 is 10.6 Å². The zero-order chi connectivity index (χ0) is 19.7. The van der Waals surface area contributed by atoms with Crippen LogP contribution in [0.5, 0.6) is 0 Å². The maximum atomic E-state index is 12.7. The highest BCUT2D eigenvalue weighted by Crippen LogP contribution is 2.33. The van der Waals surface area contributed by atoms with Crippen LogP contribution in [-0.2, 0) is 4.79 Å². The molecule has 3 fully saturated rings. The Morgan fingerprint density at radius 3 is 2.54 bits per heavy atom. The van der Waals surface area contributed by atoms with Crippen molar-refractivity contribution < 1.29 is 9.59 Å². The monoisotopic (exact) mass is 417 g/mol. The van der Waals surface area contributed by atoms with Crippen molar-refractivity contribution in [2.75, 3.05) is 18.4 Å². The number of nitrogens with one attached hydrogen (secondary N) is 2. The van der Waals surface area contributed by atoms with Gasteiger partial charge in [-0.05, 0) is 63.0 Å². The second kappa shape index (κ2) is 8.18. The lowest BCUT2D eigenvalue weighted by Crippen LogP contribution is -2.62. The van der Waals surface area contributed by atoms with Crippen molar-refractivity contribution in [3.05, 3.63) is 29.8 Å². The van der Waals surface area contributed by atoms with Gasteiger partial charge in [0.1, 0.15) is 0 Å². The summed E-state index contributed by atoms with van der Waals surface area (Å²) >= 11 is 2.78. The van der Waals surface area contributed by atoms with Gasteiger partial charge in [0.15, 0.2) is 4.34 Å². The topological polar surface area (TPSA) is 87.2 Å². The number of carbonyl (C=O) groups excluding carboxylic acids is 2. The molecule has 2 amide bonds. The average molecular weight is 418 g/mol. The third-order valence-electron chi connectivity index (χ3n) is 5.49. The maximum absolute atomic E-state index is 12.7. The lowest BCUT2D eigenvalue weighted by molar-refractivity contribution is -0.114. The molecule has 0 radical (unpaired) electrons. The summed E-state index contributed by atoms with van der Waals surface area (Å²) in [4.78, 5) is 27.2. The summed E-state index contributed by atoms with van der Waals surface area (Å²) in [6.45, 7) is 5.96. The molecular weight excluding hydrogens is 394 g/mol. The van der Waals surface area contributed by atoms with Gasteiger partial charge in [0.2, 0.25) is 11.0 Å². The first kappa shape index (κ1) is 19.4. The van der Waals surface area contributed by atoms with Crippen LogP contribution >= 0.6 is 23.1 Å². The van der Waals surface area contributed by atoms with Crippen molar-refractivity contribution in [1.29, 1.82) is 0 Å². The molecule has 3 aliphatic heterocycles. The summed E-state index contributed by atoms with van der Waals surface area (Å²) in [5.41, 5.74) is 0.671. The summed E-state index contributed by atoms with van der Waals surface area (Å²) in [7, 11) is 0. The molecular formula is C19H23N5O2S2. The van der Waals surface area contributed by atoms with Crippen LogP contribution in [0.4, 0.5) is 5.13 Å². The first-order valence-corrected chi connectivity index (χ1v) is 11.1. The van der Waals surface area contributed by atoms with E-state index in [0.29, 0.717) is 22.7 Å². The second-order valence-electron chi connectivity index (χ2n) is 7.29. The molecule has 0 aliphatic carbocycles. The minimum Gasteiger partial charge on any atom is -0.347 e. The molecule has 0 spiro atoms. The van der Waals surface area contributed by atoms with Crippen LogP contribution in [0, 0.1) is 5.92 Å². The van der Waals surface area contributed by atoms with E-state index >= 15 is 0 Å². The van der Waals surface area contributed by atoms with E-state index in [0.717, 1.165) is 22.3 Å². The Balaban J connectivity index is 1.37. The van der Waals surface area contributed by atoms with Gasteiger partial charge in [-0.1, -0.05) is 23.1 Å². The Morgan fingerprint density at radius 1 is 1.18 bits per heavy atom. The zero-order valence-electron chi connectivity index (χ0n) is 15.8. The third kappa shape index (κ3) is 4.21. The van der Waals surface area contributed by atoms with Crippen LogP contribution in [0.1, 0.15) is 37.0 Å². The molecule has 0 saturated carbocycles. The molecule has 2 atom stereocenters. The molecule has 28 heavy (non-hydrogen) atoms. The molecule has 7 nitrogen and oxygen atoms in total. The van der Waals surface area contributed by atoms with E-state index in [9.17, 15) is 9.59 Å². The number of anilines is 1. The van der Waals surface area contributed by atoms with E-state index in [1.807, 2.05) is 24.3 Å². The van der Waals surface area contributed by atoms with Crippen molar-refractivity contribution in [3.8, 4) is 0 Å². The fourth-order valence-corrected chi connectivity index (χ4v) is 5.78. The Hall–Kier alpha value is -1.97. The summed E-state index contributed by atoms with van der Waals surface area (Å²) in [5.74, 6) is 0.417. The molecule has 3 aliphatic rings. The molecule has 4 heterocycles. The number of amides is 2. The average Bonchev–Trinajstić information content (AvgIpc) is 3.11. The van der Waals surface area contributed by atoms with Gasteiger partial charge in [-0.15, -0.1) is 10.2 Å². The van der Waals surface area contributed by atoms with Gasteiger partial charge in [0.05, 0.1) is 0 Å². The highest BCUT2D eigenvalue weighted by Gasteiger charge is 2.40. The van der Waals surface area contributed by atoms with Crippen LogP contribution in [0.3, 0.4) is 0 Å². The standard InChI is InChI=1S/C19H23N5O2S2/c1-11-16(13-7-9-24(11)10-8-13)21-17(26)14-3-5-15(6-4-14)27-19-23-22-18(28-19)20-12(2)25/h3-6,11,13,16H,7-10H2,1-2H3,(H,21,26)(H,20,22,25)/t11-,16+/m1/s1. The molecule has 2 aromatic rings. The summed E-state index contributed by atoms with van der Waals surface area (Å²) < 4.78 is 0.738. The maximum Gasteiger partial charge on any atom is 0.251 e. The first-order chi connectivity index (χ1) is 13.5. The SMILES string of the molecule is CC(=O)Nc1nnc(Sc2ccc(C(=O)N[C@@H]3C4CCN(CC4)[C@@H]3C)cc2)s1. The van der Waals surface area contributed by atoms with E-state index in [1.54, 1.807) is 0 Å². The molecule has 5 rings (SSSR count). The molecule has 148 valence electrons. The van der Waals surface area contributed by atoms with Crippen molar-refractivity contribution >= 4 is 40.0 Å². The Bertz CT molecular complexity index is 859. The third-order valence-corrected chi connectivity index (χ3v) is 7.38. The van der Waals surface area contributed by atoms with E-state index in [-0.39, 0.29) is 17.9 Å². The van der Waals surface area contributed by atoms with Gasteiger partial charge in [-0.2, -0.15) is 0 Å². The van der Waals surface area contributed by atoms with E-state index in [2.05, 4.69) is 32.7 Å². The van der Waals surface area contributed by atoms with Crippen molar-refractivity contribution in [2.45, 2.75) is 48.0 Å². The number of carbonyl (C=O) groups is 2. The summed E-state index contributed by atoms with van der Waals surface area (Å²) in [5, 5.41) is 14.4. The number of rotatable bonds is 5. The number of hydrogen-bond acceptors (Lipinski definition) is 7. The molecule has 1 aromatic heterocycles. The Labute approximate surface area is 172 Å². The van der Waals surface area contributed by atoms with E-state index in [1.165, 1.54) is 42.9 Å². The normalized spacial score (nSPS) is 26.1. The molecule has 2 N–H and O–H groups in total. The predicted octanol–water partition coefficient (Wildman–Crippen LogP) is 2.86. The fourth-order valence-electron chi connectivity index (χ4n) is 4.01. The first-order valence-electron chi connectivity index (χ1n) is 9.43. The van der Waals surface area contributed by atoms with E-state index in [4.69, 9.17) is 0 Å². The Morgan fingerprint density at radius 2 is 1.89 bits per heavy atom. The number of hydrogen-bond donors (Lipinski definition) is 2. The minimum absolute atomic E-state index is 0.00832. The lowest BCUT2D eigenvalue weighted by atomic mass is 9.79. The number of nitrogens with zero attached hydrogens (tertiary/aromatic N) is 3. The van der Waals surface area contributed by atoms with Crippen LogP contribution in [-0.4, -0.2) is 52.1 Å². The largest absolute Gasteiger partial charge is 0.347 e. The fraction of sp³-hybridized carbons (Fsp3) is 0.474. The second-order valence-corrected chi connectivity index (χ2v) is 9.59. The smallest absolute Gasteiger partial charge is 0.251 e. The zero-order valence-corrected chi connectivity index (χ0v) is 17.5. The number of fused-ring (bicyclic) bond motifs is 3. The quantitative estimate of drug-likeness (QED) is 0.728. The van der Waals surface area contributed by atoms with E-state index < -0.39 is 0 Å². The highest BCUT2D eigenvalue weighted by atomic mass is 32.2. The van der Waals surface area contributed by atoms with Gasteiger partial charge < -0.3 is 10.6 Å². The summed E-state index contributed by atoms with van der Waals surface area (Å²) in [6.07, 6.45) is 2.35. The number of aromatic nitrogens is 2. The minimum atomic E-state index is -0.166. The molecule has 3 saturated heterocycles. The van der Waals surface area contributed by atoms with Crippen molar-refractivity contribution in [1.82, 2.24) is 20.4 Å². The predicted molar refractivity (Wildman–Crippen MR) is 110 cm³/mol. The van der Waals surface area contributed by atoms with Gasteiger partial charge >= 0.3 is 0 Å². The molecule has 2 bridgehead atoms. The van der Waals surface area contributed by atoms with Crippen molar-refractivity contribution in [3.63, 3.8) is 0 Å². The molecule has 1 aromatic carbocycles. The van der Waals surface area contributed by atoms with Crippen LogP contribution in [0.25, 0.3) is 0 Å². The van der Waals surface area contributed by atoms with Gasteiger partial charge in [-0.25, -0.2) is 0 Å². The van der Waals surface area contributed by atoms with Crippen LogP contribution in [0.2, 0.25) is 0 Å². The van der Waals surface area contributed by atoms with Crippen LogP contribution in [0.15, 0.2) is 33.5 Å². The van der Waals surface area contributed by atoms with Gasteiger partial charge in [-0.3, -0.25) is 14.5 Å². The van der Waals surface area contributed by atoms with Gasteiger partial charge in [0, 0.05) is 29.5 Å². The highest BCUT2D eigenvalue weighted by molar-refractivity contribution is 8.01. The van der Waals surface area contributed by atoms with Crippen molar-refractivity contribution in [2.24, 2.45) is 5.92 Å². The molecule has 0 unspecified atom stereocenters. The number of piperidine rings is 3.